The Bertz CT molecular complexity index is 426. The van der Waals surface area contributed by atoms with E-state index >= 15 is 0 Å². The first-order valence-electron chi connectivity index (χ1n) is 8.35. The van der Waals surface area contributed by atoms with Crippen molar-refractivity contribution in [3.63, 3.8) is 0 Å². The minimum atomic E-state index is 0.471. The molecule has 0 spiro atoms. The van der Waals surface area contributed by atoms with E-state index in [1.165, 1.54) is 49.9 Å². The minimum Gasteiger partial charge on any atom is -0.307 e. The maximum absolute atomic E-state index is 3.86. The Morgan fingerprint density at radius 2 is 2.00 bits per heavy atom. The first kappa shape index (κ1) is 14.1. The van der Waals surface area contributed by atoms with Gasteiger partial charge in [0.2, 0.25) is 0 Å². The Hall–Kier alpha value is -0.860. The Labute approximate surface area is 123 Å². The molecule has 0 amide bonds. The predicted molar refractivity (Wildman–Crippen MR) is 85.0 cm³/mol. The van der Waals surface area contributed by atoms with E-state index in [2.05, 4.69) is 48.3 Å². The highest BCUT2D eigenvalue weighted by Crippen LogP contribution is 2.28. The monoisotopic (exact) mass is 272 g/mol. The molecule has 0 bridgehead atoms. The molecular formula is C18H28N2. The molecule has 0 saturated carbocycles. The lowest BCUT2D eigenvalue weighted by Gasteiger charge is -2.36. The van der Waals surface area contributed by atoms with Crippen LogP contribution < -0.4 is 5.32 Å². The van der Waals surface area contributed by atoms with Gasteiger partial charge in [-0.15, -0.1) is 0 Å². The normalized spacial score (nSPS) is 28.3. The van der Waals surface area contributed by atoms with Crippen molar-refractivity contribution in [1.82, 2.24) is 10.2 Å². The molecule has 20 heavy (non-hydrogen) atoms. The van der Waals surface area contributed by atoms with Gasteiger partial charge in [0.25, 0.3) is 0 Å². The number of aryl methyl sites for hydroxylation is 1. The van der Waals surface area contributed by atoms with Crippen LogP contribution in [0.1, 0.15) is 56.7 Å². The molecule has 2 heteroatoms. The zero-order valence-corrected chi connectivity index (χ0v) is 12.9. The molecule has 3 atom stereocenters. The van der Waals surface area contributed by atoms with Gasteiger partial charge >= 0.3 is 0 Å². The smallest absolute Gasteiger partial charge is 0.0294 e. The van der Waals surface area contributed by atoms with Crippen molar-refractivity contribution in [2.75, 3.05) is 13.1 Å². The van der Waals surface area contributed by atoms with Crippen LogP contribution in [-0.2, 0) is 6.42 Å². The summed E-state index contributed by atoms with van der Waals surface area (Å²) in [4.78, 5) is 2.69. The first-order chi connectivity index (χ1) is 9.76. The SMILES string of the molecule is CCc1ccc(C(C)NC2CCN3CCCC3C2)cc1. The third kappa shape index (κ3) is 3.07. The van der Waals surface area contributed by atoms with Crippen LogP contribution in [0.25, 0.3) is 0 Å². The maximum atomic E-state index is 3.86. The quantitative estimate of drug-likeness (QED) is 0.902. The number of fused-ring (bicyclic) bond motifs is 1. The summed E-state index contributed by atoms with van der Waals surface area (Å²) < 4.78 is 0. The molecule has 2 saturated heterocycles. The second-order valence-corrected chi connectivity index (χ2v) is 6.54. The fourth-order valence-corrected chi connectivity index (χ4v) is 3.87. The molecule has 110 valence electrons. The fourth-order valence-electron chi connectivity index (χ4n) is 3.87. The molecule has 0 aliphatic carbocycles. The minimum absolute atomic E-state index is 0.471. The van der Waals surface area contributed by atoms with Gasteiger partial charge in [-0.3, -0.25) is 0 Å². The highest BCUT2D eigenvalue weighted by Gasteiger charge is 2.31. The van der Waals surface area contributed by atoms with E-state index < -0.39 is 0 Å². The number of rotatable bonds is 4. The van der Waals surface area contributed by atoms with Crippen molar-refractivity contribution in [2.45, 2.75) is 64.1 Å². The third-order valence-corrected chi connectivity index (χ3v) is 5.19. The Morgan fingerprint density at radius 3 is 2.75 bits per heavy atom. The first-order valence-corrected chi connectivity index (χ1v) is 8.35. The van der Waals surface area contributed by atoms with Gasteiger partial charge < -0.3 is 10.2 Å². The van der Waals surface area contributed by atoms with Crippen molar-refractivity contribution >= 4 is 0 Å². The van der Waals surface area contributed by atoms with E-state index in [-0.39, 0.29) is 0 Å². The molecule has 2 aliphatic heterocycles. The molecule has 1 N–H and O–H groups in total. The molecule has 0 radical (unpaired) electrons. The van der Waals surface area contributed by atoms with Crippen LogP contribution >= 0.6 is 0 Å². The molecule has 1 aromatic carbocycles. The zero-order chi connectivity index (χ0) is 13.9. The van der Waals surface area contributed by atoms with Crippen LogP contribution in [0.3, 0.4) is 0 Å². The lowest BCUT2D eigenvalue weighted by Crippen LogP contribution is -2.46. The van der Waals surface area contributed by atoms with Gasteiger partial charge in [-0.2, -0.15) is 0 Å². The summed E-state index contributed by atoms with van der Waals surface area (Å²) in [6.45, 7) is 7.16. The molecule has 2 fully saturated rings. The summed E-state index contributed by atoms with van der Waals surface area (Å²) in [6, 6.07) is 11.2. The van der Waals surface area contributed by atoms with Gasteiger partial charge in [0.05, 0.1) is 0 Å². The van der Waals surface area contributed by atoms with Gasteiger partial charge in [-0.25, -0.2) is 0 Å². The maximum Gasteiger partial charge on any atom is 0.0294 e. The number of nitrogens with one attached hydrogen (secondary N) is 1. The Balaban J connectivity index is 1.56. The summed E-state index contributed by atoms with van der Waals surface area (Å²) in [5.41, 5.74) is 2.86. The van der Waals surface area contributed by atoms with Crippen LogP contribution in [0.2, 0.25) is 0 Å². The summed E-state index contributed by atoms with van der Waals surface area (Å²) in [5.74, 6) is 0. The van der Waals surface area contributed by atoms with Crippen molar-refractivity contribution < 1.29 is 0 Å². The zero-order valence-electron chi connectivity index (χ0n) is 12.9. The van der Waals surface area contributed by atoms with E-state index in [0.717, 1.165) is 12.5 Å². The number of hydrogen-bond donors (Lipinski definition) is 1. The van der Waals surface area contributed by atoms with Crippen LogP contribution in [-0.4, -0.2) is 30.1 Å². The summed E-state index contributed by atoms with van der Waals surface area (Å²) in [6.07, 6.45) is 6.61. The van der Waals surface area contributed by atoms with E-state index in [1.54, 1.807) is 0 Å². The molecular weight excluding hydrogens is 244 g/mol. The van der Waals surface area contributed by atoms with Gasteiger partial charge in [0.15, 0.2) is 0 Å². The van der Waals surface area contributed by atoms with Crippen LogP contribution in [0.15, 0.2) is 24.3 Å². The number of piperidine rings is 1. The van der Waals surface area contributed by atoms with Gasteiger partial charge in [-0.05, 0) is 63.2 Å². The second-order valence-electron chi connectivity index (χ2n) is 6.54. The van der Waals surface area contributed by atoms with Crippen LogP contribution in [0.5, 0.6) is 0 Å². The molecule has 2 aliphatic rings. The van der Waals surface area contributed by atoms with Crippen LogP contribution in [0, 0.1) is 0 Å². The largest absolute Gasteiger partial charge is 0.307 e. The van der Waals surface area contributed by atoms with E-state index in [0.29, 0.717) is 12.1 Å². The van der Waals surface area contributed by atoms with E-state index in [1.807, 2.05) is 0 Å². The topological polar surface area (TPSA) is 15.3 Å². The highest BCUT2D eigenvalue weighted by molar-refractivity contribution is 5.24. The number of nitrogens with zero attached hydrogens (tertiary/aromatic N) is 1. The van der Waals surface area contributed by atoms with Crippen molar-refractivity contribution in [2.24, 2.45) is 0 Å². The molecule has 0 aromatic heterocycles. The Kier molecular flexibility index (Phi) is 4.42. The van der Waals surface area contributed by atoms with Gasteiger partial charge in [0.1, 0.15) is 0 Å². The van der Waals surface area contributed by atoms with E-state index in [4.69, 9.17) is 0 Å². The van der Waals surface area contributed by atoms with Crippen LogP contribution in [0.4, 0.5) is 0 Å². The molecule has 3 unspecified atom stereocenters. The second kappa shape index (κ2) is 6.28. The summed E-state index contributed by atoms with van der Waals surface area (Å²) >= 11 is 0. The standard InChI is InChI=1S/C18H28N2/c1-3-15-6-8-16(9-7-15)14(2)19-17-10-12-20-11-4-5-18(20)13-17/h6-9,14,17-19H,3-5,10-13H2,1-2H3. The average Bonchev–Trinajstić information content (AvgIpc) is 2.95. The van der Waals surface area contributed by atoms with Gasteiger partial charge in [0, 0.05) is 18.1 Å². The predicted octanol–water partition coefficient (Wildman–Crippen LogP) is 3.53. The van der Waals surface area contributed by atoms with Crippen molar-refractivity contribution in [1.29, 1.82) is 0 Å². The lowest BCUT2D eigenvalue weighted by molar-refractivity contribution is 0.162. The molecule has 1 aromatic rings. The van der Waals surface area contributed by atoms with Crippen molar-refractivity contribution in [3.8, 4) is 0 Å². The average molecular weight is 272 g/mol. The summed E-state index contributed by atoms with van der Waals surface area (Å²) in [7, 11) is 0. The Morgan fingerprint density at radius 1 is 1.20 bits per heavy atom. The van der Waals surface area contributed by atoms with E-state index in [9.17, 15) is 0 Å². The number of hydrogen-bond acceptors (Lipinski definition) is 2. The van der Waals surface area contributed by atoms with Gasteiger partial charge in [-0.1, -0.05) is 31.2 Å². The fraction of sp³-hybridized carbons (Fsp3) is 0.667. The molecule has 3 rings (SSSR count). The molecule has 2 nitrogen and oxygen atoms in total. The molecule has 2 heterocycles. The highest BCUT2D eigenvalue weighted by atomic mass is 15.2. The van der Waals surface area contributed by atoms with Crippen molar-refractivity contribution in [3.05, 3.63) is 35.4 Å². The lowest BCUT2D eigenvalue weighted by atomic mass is 9.96. The number of benzene rings is 1. The third-order valence-electron chi connectivity index (χ3n) is 5.19. The summed E-state index contributed by atoms with van der Waals surface area (Å²) in [5, 5.41) is 3.86.